The van der Waals surface area contributed by atoms with Gasteiger partial charge in [0.25, 0.3) is 5.91 Å². The van der Waals surface area contributed by atoms with E-state index in [9.17, 15) is 13.6 Å². The molecule has 1 aromatic carbocycles. The van der Waals surface area contributed by atoms with E-state index < -0.39 is 17.0 Å². The third-order valence-electron chi connectivity index (χ3n) is 8.34. The Morgan fingerprint density at radius 3 is 2.41 bits per heavy atom. The molecular weight excluding hydrogens is 474 g/mol. The largest absolute Gasteiger partial charge is 0.378 e. The van der Waals surface area contributed by atoms with Crippen LogP contribution in [0.1, 0.15) is 73.9 Å². The fourth-order valence-corrected chi connectivity index (χ4v) is 5.81. The van der Waals surface area contributed by atoms with Crippen molar-refractivity contribution in [2.75, 3.05) is 26.3 Å². The summed E-state index contributed by atoms with van der Waals surface area (Å²) in [5.41, 5.74) is 1.81. The Balaban J connectivity index is 1.64. The summed E-state index contributed by atoms with van der Waals surface area (Å²) in [6.45, 7) is 10.7. The van der Waals surface area contributed by atoms with Crippen LogP contribution in [0, 0.1) is 17.0 Å². The molecule has 0 radical (unpaired) electrons. The SMILES string of the molecule is CC[C@@H]1CC(C)(C)[C@@](C)(c2cccc(C(=O)N3CCOCC3)n2)c2nnc(-c3c(F)cccc3F)cc21. The summed E-state index contributed by atoms with van der Waals surface area (Å²) < 4.78 is 34.6. The molecule has 37 heavy (non-hydrogen) atoms. The first kappa shape index (κ1) is 25.4. The van der Waals surface area contributed by atoms with Crippen molar-refractivity contribution in [2.45, 2.75) is 51.9 Å². The highest BCUT2D eigenvalue weighted by Gasteiger charge is 2.52. The van der Waals surface area contributed by atoms with Crippen LogP contribution in [-0.2, 0) is 10.2 Å². The zero-order valence-corrected chi connectivity index (χ0v) is 21.7. The number of nitrogens with zero attached hydrogens (tertiary/aromatic N) is 4. The lowest BCUT2D eigenvalue weighted by Crippen LogP contribution is -2.47. The van der Waals surface area contributed by atoms with Crippen LogP contribution in [-0.4, -0.2) is 52.3 Å². The molecule has 1 fully saturated rings. The van der Waals surface area contributed by atoms with Crippen LogP contribution in [0.3, 0.4) is 0 Å². The molecule has 0 N–H and O–H groups in total. The van der Waals surface area contributed by atoms with Gasteiger partial charge in [-0.1, -0.05) is 32.9 Å². The van der Waals surface area contributed by atoms with Gasteiger partial charge in [0.05, 0.1) is 41.3 Å². The lowest BCUT2D eigenvalue weighted by molar-refractivity contribution is 0.0298. The van der Waals surface area contributed by atoms with Crippen LogP contribution in [0.4, 0.5) is 8.78 Å². The van der Waals surface area contributed by atoms with Gasteiger partial charge in [-0.25, -0.2) is 13.8 Å². The second-order valence-corrected chi connectivity index (χ2v) is 10.8. The molecule has 5 rings (SSSR count). The summed E-state index contributed by atoms with van der Waals surface area (Å²) in [7, 11) is 0. The van der Waals surface area contributed by atoms with Gasteiger partial charge in [-0.05, 0) is 67.0 Å². The lowest BCUT2D eigenvalue weighted by Gasteiger charge is -2.50. The summed E-state index contributed by atoms with van der Waals surface area (Å²) in [6, 6.07) is 11.1. The molecule has 1 aliphatic heterocycles. The minimum atomic E-state index is -0.686. The number of carbonyl (C=O) groups excluding carboxylic acids is 1. The third-order valence-corrected chi connectivity index (χ3v) is 8.34. The van der Waals surface area contributed by atoms with E-state index in [2.05, 4.69) is 37.9 Å². The van der Waals surface area contributed by atoms with Gasteiger partial charge in [-0.15, -0.1) is 5.10 Å². The van der Waals surface area contributed by atoms with Crippen LogP contribution < -0.4 is 0 Å². The molecule has 3 heterocycles. The molecule has 0 bridgehead atoms. The maximum Gasteiger partial charge on any atom is 0.272 e. The standard InChI is InChI=1S/C29H32F2N4O2/c1-5-18-17-28(2,3)29(4,24-11-7-10-22(32-24)27(36)35-12-14-37-15-13-35)26-19(18)16-23(33-34-26)25-20(30)8-6-9-21(25)31/h6-11,16,18H,5,12-15,17H2,1-4H3/t18-,29+/m1/s1. The molecule has 0 saturated carbocycles. The number of fused-ring (bicyclic) bond motifs is 1. The predicted molar refractivity (Wildman–Crippen MR) is 136 cm³/mol. The molecular formula is C29H32F2N4O2. The minimum absolute atomic E-state index is 0.120. The molecule has 0 unspecified atom stereocenters. The maximum atomic E-state index is 14.6. The number of halogens is 2. The molecule has 3 aromatic rings. The number of hydrogen-bond acceptors (Lipinski definition) is 5. The van der Waals surface area contributed by atoms with Gasteiger partial charge in [0.1, 0.15) is 17.3 Å². The fraction of sp³-hybridized carbons (Fsp3) is 0.448. The smallest absolute Gasteiger partial charge is 0.272 e. The number of carbonyl (C=O) groups is 1. The number of benzene rings is 1. The van der Waals surface area contributed by atoms with Crippen molar-refractivity contribution in [3.8, 4) is 11.3 Å². The summed E-state index contributed by atoms with van der Waals surface area (Å²) in [4.78, 5) is 19.9. The Hall–Kier alpha value is -3.26. The number of morpholine rings is 1. The van der Waals surface area contributed by atoms with E-state index in [0.29, 0.717) is 32.0 Å². The van der Waals surface area contributed by atoms with Gasteiger partial charge in [0.15, 0.2) is 0 Å². The molecule has 0 spiro atoms. The zero-order chi connectivity index (χ0) is 26.4. The van der Waals surface area contributed by atoms with Crippen molar-refractivity contribution in [3.63, 3.8) is 0 Å². The predicted octanol–water partition coefficient (Wildman–Crippen LogP) is 5.52. The Morgan fingerprint density at radius 2 is 1.73 bits per heavy atom. The normalized spacial score (nSPS) is 23.0. The summed E-state index contributed by atoms with van der Waals surface area (Å²) in [5, 5.41) is 8.95. The molecule has 1 aliphatic carbocycles. The Morgan fingerprint density at radius 1 is 1.05 bits per heavy atom. The first-order valence-corrected chi connectivity index (χ1v) is 12.8. The quantitative estimate of drug-likeness (QED) is 0.466. The van der Waals surface area contributed by atoms with E-state index in [0.717, 1.165) is 29.8 Å². The van der Waals surface area contributed by atoms with E-state index in [-0.39, 0.29) is 28.5 Å². The average molecular weight is 507 g/mol. The Labute approximate surface area is 216 Å². The lowest BCUT2D eigenvalue weighted by atomic mass is 9.54. The number of pyridine rings is 1. The highest BCUT2D eigenvalue weighted by Crippen LogP contribution is 2.56. The molecule has 2 atom stereocenters. The molecule has 1 amide bonds. The number of aromatic nitrogens is 3. The molecule has 1 saturated heterocycles. The van der Waals surface area contributed by atoms with E-state index in [1.807, 2.05) is 12.1 Å². The van der Waals surface area contributed by atoms with E-state index in [1.165, 1.54) is 18.2 Å². The first-order chi connectivity index (χ1) is 17.7. The maximum absolute atomic E-state index is 14.6. The summed E-state index contributed by atoms with van der Waals surface area (Å²) >= 11 is 0. The topological polar surface area (TPSA) is 68.2 Å². The Bertz CT molecular complexity index is 1320. The second-order valence-electron chi connectivity index (χ2n) is 10.8. The van der Waals surface area contributed by atoms with Crippen LogP contribution in [0.15, 0.2) is 42.5 Å². The number of hydrogen-bond donors (Lipinski definition) is 0. The molecule has 6 nitrogen and oxygen atoms in total. The van der Waals surface area contributed by atoms with Crippen molar-refractivity contribution < 1.29 is 18.3 Å². The highest BCUT2D eigenvalue weighted by molar-refractivity contribution is 5.92. The van der Waals surface area contributed by atoms with E-state index in [4.69, 9.17) is 9.72 Å². The molecule has 2 aromatic heterocycles. The zero-order valence-electron chi connectivity index (χ0n) is 21.7. The summed E-state index contributed by atoms with van der Waals surface area (Å²) in [5.74, 6) is -1.32. The molecule has 194 valence electrons. The van der Waals surface area contributed by atoms with E-state index >= 15 is 0 Å². The van der Waals surface area contributed by atoms with Crippen molar-refractivity contribution in [1.29, 1.82) is 0 Å². The van der Waals surface area contributed by atoms with Crippen molar-refractivity contribution in [3.05, 3.63) is 76.7 Å². The Kier molecular flexibility index (Phi) is 6.56. The number of rotatable bonds is 4. The van der Waals surface area contributed by atoms with Gasteiger partial charge in [-0.3, -0.25) is 4.79 Å². The van der Waals surface area contributed by atoms with Crippen LogP contribution in [0.5, 0.6) is 0 Å². The monoisotopic (exact) mass is 506 g/mol. The number of ether oxygens (including phenoxy) is 1. The van der Waals surface area contributed by atoms with Crippen LogP contribution in [0.2, 0.25) is 0 Å². The van der Waals surface area contributed by atoms with Gasteiger partial charge in [0.2, 0.25) is 0 Å². The van der Waals surface area contributed by atoms with Crippen molar-refractivity contribution in [2.24, 2.45) is 5.41 Å². The third kappa shape index (κ3) is 4.21. The second kappa shape index (κ2) is 9.56. The average Bonchev–Trinajstić information content (AvgIpc) is 2.90. The highest BCUT2D eigenvalue weighted by atomic mass is 19.1. The van der Waals surface area contributed by atoms with Crippen LogP contribution in [0.25, 0.3) is 11.3 Å². The van der Waals surface area contributed by atoms with Crippen molar-refractivity contribution in [1.82, 2.24) is 20.1 Å². The summed E-state index contributed by atoms with van der Waals surface area (Å²) in [6.07, 6.45) is 1.67. The minimum Gasteiger partial charge on any atom is -0.378 e. The molecule has 8 heteroatoms. The fourth-order valence-electron chi connectivity index (χ4n) is 5.81. The van der Waals surface area contributed by atoms with Gasteiger partial charge >= 0.3 is 0 Å². The first-order valence-electron chi connectivity index (χ1n) is 12.8. The van der Waals surface area contributed by atoms with Gasteiger partial charge in [0, 0.05) is 13.1 Å². The van der Waals surface area contributed by atoms with Gasteiger partial charge < -0.3 is 9.64 Å². The van der Waals surface area contributed by atoms with Crippen molar-refractivity contribution >= 4 is 5.91 Å². The van der Waals surface area contributed by atoms with Crippen LogP contribution >= 0.6 is 0 Å². The van der Waals surface area contributed by atoms with E-state index in [1.54, 1.807) is 17.0 Å². The number of amides is 1. The van der Waals surface area contributed by atoms with Gasteiger partial charge in [-0.2, -0.15) is 5.10 Å². The molecule has 2 aliphatic rings.